The molecular weight excluding hydrogens is 649 g/mol. The van der Waals surface area contributed by atoms with Crippen LogP contribution in [0.4, 0.5) is 9.59 Å². The number of urea groups is 2. The number of amides is 8. The molecule has 2 aliphatic rings. The Morgan fingerprint density at radius 3 is 1.47 bits per heavy atom. The van der Waals surface area contributed by atoms with E-state index in [1.54, 1.807) is 11.3 Å². The molecule has 3 aromatic rings. The van der Waals surface area contributed by atoms with Crippen molar-refractivity contribution in [3.8, 4) is 31.0 Å². The third-order valence-electron chi connectivity index (χ3n) is 6.89. The van der Waals surface area contributed by atoms with E-state index in [1.807, 2.05) is 30.3 Å². The molecule has 14 heteroatoms. The van der Waals surface area contributed by atoms with E-state index in [2.05, 4.69) is 31.1 Å². The molecule has 0 unspecified atom stereocenters. The fourth-order valence-electron chi connectivity index (χ4n) is 4.39. The number of carbonyl (C=O) groups excluding carboxylic acids is 6. The Hall–Kier alpha value is -4.42. The van der Waals surface area contributed by atoms with Crippen LogP contribution in [-0.4, -0.2) is 91.6 Å². The molecule has 0 atom stereocenters. The molecule has 0 aliphatic carbocycles. The van der Waals surface area contributed by atoms with Crippen molar-refractivity contribution in [2.24, 2.45) is 0 Å². The van der Waals surface area contributed by atoms with Crippen molar-refractivity contribution in [2.45, 2.75) is 19.6 Å². The SMILES string of the molecule is CN1C(=O)C(=Cc2ccc(-c3cc(C#C[Si](C)(C)C)c(-c4ccc(C=C5C(=O)N(C)C(=O)N(C)C5=O)s4)s3)s2)C(=O)N(C)C1=O. The highest BCUT2D eigenvalue weighted by atomic mass is 32.1. The number of rotatable bonds is 4. The van der Waals surface area contributed by atoms with Crippen LogP contribution in [0.25, 0.3) is 31.7 Å². The van der Waals surface area contributed by atoms with Crippen molar-refractivity contribution < 1.29 is 28.8 Å². The first-order valence-corrected chi connectivity index (χ1v) is 19.5. The van der Waals surface area contributed by atoms with Gasteiger partial charge in [0.25, 0.3) is 23.6 Å². The topological polar surface area (TPSA) is 115 Å². The van der Waals surface area contributed by atoms with Gasteiger partial charge >= 0.3 is 12.1 Å². The summed E-state index contributed by atoms with van der Waals surface area (Å²) in [4.78, 5) is 83.7. The number of nitrogens with zero attached hydrogens (tertiary/aromatic N) is 4. The number of hydrogen-bond acceptors (Lipinski definition) is 9. The second-order valence-corrected chi connectivity index (χ2v) is 19.4. The molecule has 0 saturated carbocycles. The third kappa shape index (κ3) is 6.12. The van der Waals surface area contributed by atoms with Crippen molar-refractivity contribution in [3.63, 3.8) is 0 Å². The predicted octanol–water partition coefficient (Wildman–Crippen LogP) is 5.30. The molecule has 8 amide bonds. The van der Waals surface area contributed by atoms with Crippen LogP contribution in [0.1, 0.15) is 15.3 Å². The van der Waals surface area contributed by atoms with E-state index in [0.717, 1.165) is 44.7 Å². The van der Waals surface area contributed by atoms with Crippen molar-refractivity contribution in [3.05, 3.63) is 56.8 Å². The van der Waals surface area contributed by atoms with Crippen LogP contribution in [0.5, 0.6) is 0 Å². The summed E-state index contributed by atoms with van der Waals surface area (Å²) in [5, 5.41) is 0. The van der Waals surface area contributed by atoms with E-state index < -0.39 is 43.8 Å². The van der Waals surface area contributed by atoms with E-state index in [9.17, 15) is 28.8 Å². The molecule has 230 valence electrons. The number of hydrogen-bond donors (Lipinski definition) is 0. The molecule has 5 rings (SSSR count). The molecule has 2 aliphatic heterocycles. The molecule has 0 bridgehead atoms. The van der Waals surface area contributed by atoms with Crippen molar-refractivity contribution in [1.82, 2.24) is 19.6 Å². The Balaban J connectivity index is 1.51. The first-order valence-electron chi connectivity index (χ1n) is 13.6. The minimum Gasteiger partial charge on any atom is -0.268 e. The van der Waals surface area contributed by atoms with Crippen LogP contribution in [0.15, 0.2) is 41.5 Å². The smallest absolute Gasteiger partial charge is 0.268 e. The van der Waals surface area contributed by atoms with Gasteiger partial charge in [0.2, 0.25) is 0 Å². The fraction of sp³-hybridized carbons (Fsp3) is 0.226. The quantitative estimate of drug-likeness (QED) is 0.160. The van der Waals surface area contributed by atoms with Gasteiger partial charge in [-0.3, -0.25) is 38.8 Å². The van der Waals surface area contributed by atoms with Crippen LogP contribution in [-0.2, 0) is 19.2 Å². The summed E-state index contributed by atoms with van der Waals surface area (Å²) in [6.07, 6.45) is 3.02. The fourth-order valence-corrected chi connectivity index (χ4v) is 8.12. The lowest BCUT2D eigenvalue weighted by Gasteiger charge is -2.28. The van der Waals surface area contributed by atoms with Crippen LogP contribution in [0.2, 0.25) is 19.6 Å². The van der Waals surface area contributed by atoms with Gasteiger partial charge in [0.1, 0.15) is 19.2 Å². The maximum atomic E-state index is 12.7. The minimum atomic E-state index is -1.72. The van der Waals surface area contributed by atoms with Crippen molar-refractivity contribution in [2.75, 3.05) is 28.2 Å². The maximum absolute atomic E-state index is 12.7. The normalized spacial score (nSPS) is 16.2. The van der Waals surface area contributed by atoms with Crippen LogP contribution < -0.4 is 0 Å². The van der Waals surface area contributed by atoms with E-state index in [4.69, 9.17) is 0 Å². The second-order valence-electron chi connectivity index (χ2n) is 11.4. The van der Waals surface area contributed by atoms with Crippen molar-refractivity contribution in [1.29, 1.82) is 0 Å². The zero-order valence-corrected chi connectivity index (χ0v) is 29.0. The standard InChI is InChI=1S/C31H28N4O6S3Si/c1-32-26(36)20(27(37)33(2)30(32)40)15-18-8-10-22(42-18)24-14-17(12-13-45(5,6)7)25(44-24)23-11-9-19(43-23)16-21-28(38)34(3)31(41)35(4)29(21)39/h8-11,14-16H,1-7H3. The lowest BCUT2D eigenvalue weighted by molar-refractivity contribution is -0.135. The average molecular weight is 677 g/mol. The molecule has 3 aromatic heterocycles. The monoisotopic (exact) mass is 676 g/mol. The van der Waals surface area contributed by atoms with Crippen LogP contribution >= 0.6 is 34.0 Å². The summed E-state index contributed by atoms with van der Waals surface area (Å²) in [5.74, 6) is 0.780. The summed E-state index contributed by atoms with van der Waals surface area (Å²) in [6.45, 7) is 6.48. The molecule has 45 heavy (non-hydrogen) atoms. The Bertz CT molecular complexity index is 1900. The largest absolute Gasteiger partial charge is 0.333 e. The number of thiophene rings is 3. The number of likely N-dealkylation sites (N-methyl/N-ethyl adjacent to an activating group) is 4. The maximum Gasteiger partial charge on any atom is 0.333 e. The van der Waals surface area contributed by atoms with Gasteiger partial charge in [-0.15, -0.1) is 39.6 Å². The zero-order chi connectivity index (χ0) is 33.0. The van der Waals surface area contributed by atoms with E-state index >= 15 is 0 Å². The summed E-state index contributed by atoms with van der Waals surface area (Å²) >= 11 is 4.36. The molecule has 5 heterocycles. The number of carbonyl (C=O) groups is 6. The first kappa shape index (κ1) is 32.0. The van der Waals surface area contributed by atoms with Gasteiger partial charge in [0, 0.05) is 58.1 Å². The molecule has 0 spiro atoms. The lowest BCUT2D eigenvalue weighted by Crippen LogP contribution is -2.52. The highest BCUT2D eigenvalue weighted by Gasteiger charge is 2.39. The van der Waals surface area contributed by atoms with Gasteiger partial charge in [-0.25, -0.2) is 9.59 Å². The van der Waals surface area contributed by atoms with E-state index in [0.29, 0.717) is 9.75 Å². The van der Waals surface area contributed by atoms with Gasteiger partial charge in [-0.1, -0.05) is 25.6 Å². The molecule has 0 radical (unpaired) electrons. The van der Waals surface area contributed by atoms with Gasteiger partial charge in [-0.05, 0) is 42.5 Å². The minimum absolute atomic E-state index is 0.0847. The van der Waals surface area contributed by atoms with Crippen LogP contribution in [0, 0.1) is 11.5 Å². The number of imide groups is 4. The Morgan fingerprint density at radius 2 is 1.02 bits per heavy atom. The van der Waals surface area contributed by atoms with Crippen LogP contribution in [0.3, 0.4) is 0 Å². The van der Waals surface area contributed by atoms with E-state index in [-0.39, 0.29) is 11.1 Å². The molecule has 2 saturated heterocycles. The van der Waals surface area contributed by atoms with Crippen molar-refractivity contribution >= 4 is 89.9 Å². The van der Waals surface area contributed by atoms with Gasteiger partial charge in [-0.2, -0.15) is 0 Å². The van der Waals surface area contributed by atoms with Gasteiger partial charge in [0.15, 0.2) is 0 Å². The summed E-state index contributed by atoms with van der Waals surface area (Å²) in [7, 11) is 3.64. The zero-order valence-electron chi connectivity index (χ0n) is 25.5. The average Bonchev–Trinajstić information content (AvgIpc) is 3.76. The predicted molar refractivity (Wildman–Crippen MR) is 179 cm³/mol. The molecular formula is C31H28N4O6S3Si. The highest BCUT2D eigenvalue weighted by molar-refractivity contribution is 7.27. The second kappa shape index (κ2) is 11.8. The molecule has 10 nitrogen and oxygen atoms in total. The summed E-state index contributed by atoms with van der Waals surface area (Å²) in [5.41, 5.74) is 4.11. The molecule has 0 aromatic carbocycles. The van der Waals surface area contributed by atoms with E-state index in [1.165, 1.54) is 63.0 Å². The number of barbiturate groups is 2. The molecule has 0 N–H and O–H groups in total. The molecule has 2 fully saturated rings. The Kier molecular flexibility index (Phi) is 8.40. The first-order chi connectivity index (χ1) is 21.1. The van der Waals surface area contributed by atoms with Gasteiger partial charge < -0.3 is 0 Å². The highest BCUT2D eigenvalue weighted by Crippen LogP contribution is 2.43. The summed E-state index contributed by atoms with van der Waals surface area (Å²) < 4.78 is 0. The van der Waals surface area contributed by atoms with Gasteiger partial charge in [0.05, 0.1) is 4.88 Å². The third-order valence-corrected chi connectivity index (χ3v) is 11.3. The Labute approximate surface area is 272 Å². The lowest BCUT2D eigenvalue weighted by atomic mass is 10.1. The summed E-state index contributed by atoms with van der Waals surface area (Å²) in [6, 6.07) is 8.15. The Morgan fingerprint density at radius 1 is 0.600 bits per heavy atom.